The maximum Gasteiger partial charge on any atom is 0.410 e. The van der Waals surface area contributed by atoms with Crippen LogP contribution in [0.4, 0.5) is 19.7 Å². The van der Waals surface area contributed by atoms with E-state index in [1.807, 2.05) is 51.1 Å². The Hall–Kier alpha value is -3.29. The van der Waals surface area contributed by atoms with E-state index in [9.17, 15) is 14.0 Å². The summed E-state index contributed by atoms with van der Waals surface area (Å²) in [4.78, 5) is 28.7. The Bertz CT molecular complexity index is 933. The number of para-hydroxylation sites is 1. The van der Waals surface area contributed by atoms with E-state index in [1.165, 1.54) is 6.07 Å². The zero-order valence-electron chi connectivity index (χ0n) is 19.4. The molecule has 2 aromatic rings. The van der Waals surface area contributed by atoms with Crippen molar-refractivity contribution in [2.45, 2.75) is 45.4 Å². The molecule has 1 aliphatic heterocycles. The van der Waals surface area contributed by atoms with Crippen molar-refractivity contribution in [1.29, 1.82) is 0 Å². The second-order valence-corrected chi connectivity index (χ2v) is 9.01. The standard InChI is InChI=1S/C25H32FN3O4/c1-25(2,3)33-24(31)29-16-15-28(23(30)32-18-19-9-5-4-6-10-19)17-20(29)13-14-27-22-12-8-7-11-21(22)26/h4-12,20,27H,13-18H2,1-3H3/t20-/m1/s1. The van der Waals surface area contributed by atoms with Gasteiger partial charge in [0.05, 0.1) is 11.7 Å². The van der Waals surface area contributed by atoms with Crippen LogP contribution in [0.5, 0.6) is 0 Å². The molecule has 0 spiro atoms. The number of hydrogen-bond donors (Lipinski definition) is 1. The fraction of sp³-hybridized carbons (Fsp3) is 0.440. The van der Waals surface area contributed by atoms with Crippen LogP contribution in [-0.4, -0.2) is 59.8 Å². The fourth-order valence-corrected chi connectivity index (χ4v) is 3.62. The monoisotopic (exact) mass is 457 g/mol. The highest BCUT2D eigenvalue weighted by atomic mass is 19.1. The Kier molecular flexibility index (Phi) is 8.14. The Morgan fingerprint density at radius 2 is 1.73 bits per heavy atom. The zero-order chi connectivity index (χ0) is 23.8. The van der Waals surface area contributed by atoms with Gasteiger partial charge in [-0.1, -0.05) is 42.5 Å². The van der Waals surface area contributed by atoms with Gasteiger partial charge in [0.2, 0.25) is 0 Å². The molecule has 0 saturated carbocycles. The zero-order valence-corrected chi connectivity index (χ0v) is 19.4. The van der Waals surface area contributed by atoms with Gasteiger partial charge in [0.15, 0.2) is 0 Å². The van der Waals surface area contributed by atoms with Crippen LogP contribution >= 0.6 is 0 Å². The van der Waals surface area contributed by atoms with Crippen LogP contribution < -0.4 is 5.32 Å². The maximum atomic E-state index is 13.9. The number of rotatable bonds is 6. The third-order valence-corrected chi connectivity index (χ3v) is 5.24. The van der Waals surface area contributed by atoms with Gasteiger partial charge < -0.3 is 24.6 Å². The first-order chi connectivity index (χ1) is 15.7. The van der Waals surface area contributed by atoms with Gasteiger partial charge in [0, 0.05) is 26.2 Å². The molecule has 1 atom stereocenters. The van der Waals surface area contributed by atoms with Gasteiger partial charge >= 0.3 is 12.2 Å². The molecule has 0 aromatic heterocycles. The molecule has 33 heavy (non-hydrogen) atoms. The quantitative estimate of drug-likeness (QED) is 0.669. The molecule has 1 fully saturated rings. The highest BCUT2D eigenvalue weighted by Crippen LogP contribution is 2.20. The van der Waals surface area contributed by atoms with E-state index in [0.29, 0.717) is 38.3 Å². The van der Waals surface area contributed by atoms with Gasteiger partial charge in [-0.2, -0.15) is 0 Å². The first-order valence-electron chi connectivity index (χ1n) is 11.2. The summed E-state index contributed by atoms with van der Waals surface area (Å²) in [5, 5.41) is 3.07. The Balaban J connectivity index is 1.62. The number of carbonyl (C=O) groups excluding carboxylic acids is 2. The van der Waals surface area contributed by atoms with Crippen LogP contribution in [0.3, 0.4) is 0 Å². The average Bonchev–Trinajstić information content (AvgIpc) is 2.78. The minimum absolute atomic E-state index is 0.186. The summed E-state index contributed by atoms with van der Waals surface area (Å²) in [6.07, 6.45) is -0.332. The lowest BCUT2D eigenvalue weighted by atomic mass is 10.1. The molecule has 1 aliphatic rings. The Labute approximate surface area is 194 Å². The van der Waals surface area contributed by atoms with Gasteiger partial charge in [-0.05, 0) is 44.9 Å². The molecular formula is C25H32FN3O4. The highest BCUT2D eigenvalue weighted by molar-refractivity contribution is 5.71. The van der Waals surface area contributed by atoms with Crippen LogP contribution in [0.1, 0.15) is 32.8 Å². The minimum atomic E-state index is -0.626. The molecule has 3 rings (SSSR count). The fourth-order valence-electron chi connectivity index (χ4n) is 3.62. The number of carbonyl (C=O) groups is 2. The van der Waals surface area contributed by atoms with Crippen molar-refractivity contribution in [3.05, 3.63) is 66.0 Å². The molecule has 0 aliphatic carbocycles. The van der Waals surface area contributed by atoms with Crippen LogP contribution in [0.2, 0.25) is 0 Å². The second-order valence-electron chi connectivity index (χ2n) is 9.01. The number of amides is 2. The largest absolute Gasteiger partial charge is 0.445 e. The summed E-state index contributed by atoms with van der Waals surface area (Å²) in [5.74, 6) is -0.337. The molecule has 1 N–H and O–H groups in total. The number of ether oxygens (including phenoxy) is 2. The van der Waals surface area contributed by atoms with Crippen LogP contribution in [0.15, 0.2) is 54.6 Å². The predicted octanol–water partition coefficient (Wildman–Crippen LogP) is 4.89. The van der Waals surface area contributed by atoms with Crippen molar-refractivity contribution in [2.24, 2.45) is 0 Å². The van der Waals surface area contributed by atoms with Crippen molar-refractivity contribution < 1.29 is 23.5 Å². The number of nitrogens with zero attached hydrogens (tertiary/aromatic N) is 2. The first-order valence-corrected chi connectivity index (χ1v) is 11.2. The van der Waals surface area contributed by atoms with E-state index in [4.69, 9.17) is 9.47 Å². The average molecular weight is 458 g/mol. The second kappa shape index (κ2) is 11.0. The first kappa shape index (κ1) is 24.4. The summed E-state index contributed by atoms with van der Waals surface area (Å²) >= 11 is 0. The summed E-state index contributed by atoms with van der Waals surface area (Å²) in [6.45, 7) is 7.06. The van der Waals surface area contributed by atoms with Crippen molar-refractivity contribution in [1.82, 2.24) is 9.80 Å². The van der Waals surface area contributed by atoms with Crippen molar-refractivity contribution in [2.75, 3.05) is 31.5 Å². The van der Waals surface area contributed by atoms with E-state index in [0.717, 1.165) is 5.56 Å². The van der Waals surface area contributed by atoms with Crippen molar-refractivity contribution in [3.8, 4) is 0 Å². The number of nitrogens with one attached hydrogen (secondary N) is 1. The molecule has 7 nitrogen and oxygen atoms in total. The molecule has 1 heterocycles. The van der Waals surface area contributed by atoms with E-state index < -0.39 is 17.8 Å². The third kappa shape index (κ3) is 7.37. The number of anilines is 1. The normalized spacial score (nSPS) is 16.3. The lowest BCUT2D eigenvalue weighted by Crippen LogP contribution is -2.57. The summed E-state index contributed by atoms with van der Waals surface area (Å²) < 4.78 is 25.0. The Morgan fingerprint density at radius 1 is 1.03 bits per heavy atom. The molecule has 0 unspecified atom stereocenters. The summed E-state index contributed by atoms with van der Waals surface area (Å²) in [7, 11) is 0. The molecule has 178 valence electrons. The topological polar surface area (TPSA) is 71.1 Å². The van der Waals surface area contributed by atoms with E-state index in [1.54, 1.807) is 28.0 Å². The van der Waals surface area contributed by atoms with Crippen LogP contribution in [0, 0.1) is 5.82 Å². The highest BCUT2D eigenvalue weighted by Gasteiger charge is 2.35. The lowest BCUT2D eigenvalue weighted by molar-refractivity contribution is -0.00387. The number of halogens is 1. The summed E-state index contributed by atoms with van der Waals surface area (Å²) in [5.41, 5.74) is 0.679. The van der Waals surface area contributed by atoms with Crippen LogP contribution in [0.25, 0.3) is 0 Å². The molecule has 2 amide bonds. The Morgan fingerprint density at radius 3 is 2.42 bits per heavy atom. The molecule has 8 heteroatoms. The van der Waals surface area contributed by atoms with Gasteiger partial charge in [-0.3, -0.25) is 0 Å². The lowest BCUT2D eigenvalue weighted by Gasteiger charge is -2.41. The number of hydrogen-bond acceptors (Lipinski definition) is 5. The van der Waals surface area contributed by atoms with Gasteiger partial charge in [0.1, 0.15) is 18.0 Å². The van der Waals surface area contributed by atoms with Gasteiger partial charge in [-0.15, -0.1) is 0 Å². The molecule has 0 radical (unpaired) electrons. The number of piperazine rings is 1. The molecule has 0 bridgehead atoms. The summed E-state index contributed by atoms with van der Waals surface area (Å²) in [6, 6.07) is 15.6. The van der Waals surface area contributed by atoms with E-state index in [2.05, 4.69) is 5.32 Å². The molecular weight excluding hydrogens is 425 g/mol. The molecule has 1 saturated heterocycles. The van der Waals surface area contributed by atoms with E-state index >= 15 is 0 Å². The van der Waals surface area contributed by atoms with Gasteiger partial charge in [0.25, 0.3) is 0 Å². The maximum absolute atomic E-state index is 13.9. The SMILES string of the molecule is CC(C)(C)OC(=O)N1CCN(C(=O)OCc2ccccc2)C[C@H]1CCNc1ccccc1F. The third-order valence-electron chi connectivity index (χ3n) is 5.24. The number of benzene rings is 2. The molecule has 2 aromatic carbocycles. The van der Waals surface area contributed by atoms with E-state index in [-0.39, 0.29) is 18.5 Å². The minimum Gasteiger partial charge on any atom is -0.445 e. The van der Waals surface area contributed by atoms with Crippen molar-refractivity contribution >= 4 is 17.9 Å². The smallest absolute Gasteiger partial charge is 0.410 e. The van der Waals surface area contributed by atoms with Crippen LogP contribution in [-0.2, 0) is 16.1 Å². The predicted molar refractivity (Wildman–Crippen MR) is 124 cm³/mol. The van der Waals surface area contributed by atoms with Crippen molar-refractivity contribution in [3.63, 3.8) is 0 Å². The van der Waals surface area contributed by atoms with Gasteiger partial charge in [-0.25, -0.2) is 14.0 Å².